The van der Waals surface area contributed by atoms with Gasteiger partial charge in [0.05, 0.1) is 41.0 Å². The Hall–Kier alpha value is -3.39. The third kappa shape index (κ3) is 6.72. The van der Waals surface area contributed by atoms with E-state index in [0.29, 0.717) is 35.7 Å². The van der Waals surface area contributed by atoms with Crippen LogP contribution in [-0.2, 0) is 24.1 Å². The molecule has 0 aliphatic heterocycles. The van der Waals surface area contributed by atoms with Crippen LogP contribution in [0.5, 0.6) is 0 Å². The van der Waals surface area contributed by atoms with E-state index in [1.54, 1.807) is 65.6 Å². The number of nitrogens with two attached hydrogens (primary N) is 1. The highest BCUT2D eigenvalue weighted by atomic mass is 127. The maximum Gasteiger partial charge on any atom is 0.255 e. The molecule has 0 aliphatic rings. The van der Waals surface area contributed by atoms with Gasteiger partial charge in [-0.3, -0.25) is 9.78 Å². The molecule has 38 heavy (non-hydrogen) atoms. The van der Waals surface area contributed by atoms with Gasteiger partial charge in [0.25, 0.3) is 5.91 Å². The number of nitrogen functional groups attached to an aromatic ring is 1. The molecule has 1 aromatic heterocycles. The van der Waals surface area contributed by atoms with Crippen LogP contribution in [0.1, 0.15) is 15.9 Å². The van der Waals surface area contributed by atoms with Crippen LogP contribution < -0.4 is 11.1 Å². The summed E-state index contributed by atoms with van der Waals surface area (Å²) < 4.78 is 45.6. The molecule has 0 spiro atoms. The minimum Gasteiger partial charge on any atom is -0.397 e. The Morgan fingerprint density at radius 2 is 1.68 bits per heavy atom. The summed E-state index contributed by atoms with van der Waals surface area (Å²) in [6.07, 6.45) is 2.98. The molecule has 3 aromatic carbocycles. The van der Waals surface area contributed by atoms with Gasteiger partial charge in [0.1, 0.15) is 38.6 Å². The Morgan fingerprint density at radius 3 is 2.39 bits per heavy atom. The molecule has 196 valence electrons. The first-order valence-corrected chi connectivity index (χ1v) is 13.8. The SMILES string of the molecule is N=S(=O)(c1ccc(C(=O)Nc2cc(-c3ccc(F)cc3)ccc2N)cc1)c1cncc(COCCOI)c1. The first-order chi connectivity index (χ1) is 18.3. The summed E-state index contributed by atoms with van der Waals surface area (Å²) >= 11 is 1.78. The highest BCUT2D eigenvalue weighted by molar-refractivity contribution is 14.1. The van der Waals surface area contributed by atoms with E-state index in [2.05, 4.69) is 10.3 Å². The fourth-order valence-electron chi connectivity index (χ4n) is 3.60. The number of aromatic nitrogens is 1. The Bertz CT molecular complexity index is 1530. The normalized spacial score (nSPS) is 12.6. The number of hydrogen-bond donors (Lipinski definition) is 3. The number of nitrogens with zero attached hydrogens (tertiary/aromatic N) is 1. The van der Waals surface area contributed by atoms with Crippen LogP contribution in [0.4, 0.5) is 15.8 Å². The number of halogens is 2. The Morgan fingerprint density at radius 1 is 0.974 bits per heavy atom. The zero-order valence-corrected chi connectivity index (χ0v) is 23.0. The van der Waals surface area contributed by atoms with Crippen LogP contribution in [0, 0.1) is 10.6 Å². The lowest BCUT2D eigenvalue weighted by Gasteiger charge is -2.12. The maximum atomic E-state index is 13.4. The molecule has 0 fully saturated rings. The van der Waals surface area contributed by atoms with Crippen molar-refractivity contribution in [2.75, 3.05) is 24.3 Å². The molecular weight excluding hydrogens is 622 g/mol. The van der Waals surface area contributed by atoms with Crippen molar-refractivity contribution in [1.29, 1.82) is 4.78 Å². The number of rotatable bonds is 10. The summed E-state index contributed by atoms with van der Waals surface area (Å²) in [4.78, 5) is 17.5. The van der Waals surface area contributed by atoms with E-state index >= 15 is 0 Å². The monoisotopic (exact) mass is 646 g/mol. The van der Waals surface area contributed by atoms with Gasteiger partial charge in [0, 0.05) is 18.0 Å². The topological polar surface area (TPSA) is 127 Å². The summed E-state index contributed by atoms with van der Waals surface area (Å²) in [6, 6.07) is 18.8. The van der Waals surface area contributed by atoms with E-state index in [-0.39, 0.29) is 22.2 Å². The smallest absolute Gasteiger partial charge is 0.255 e. The van der Waals surface area contributed by atoms with Gasteiger partial charge in [0.15, 0.2) is 0 Å². The third-order valence-corrected chi connectivity index (χ3v) is 7.87. The molecule has 1 heterocycles. The van der Waals surface area contributed by atoms with Crippen molar-refractivity contribution in [3.8, 4) is 11.1 Å². The van der Waals surface area contributed by atoms with Crippen LogP contribution in [-0.4, -0.2) is 28.3 Å². The van der Waals surface area contributed by atoms with Crippen molar-refractivity contribution >= 4 is 50.0 Å². The van der Waals surface area contributed by atoms with Crippen molar-refractivity contribution in [2.24, 2.45) is 0 Å². The van der Waals surface area contributed by atoms with Gasteiger partial charge >= 0.3 is 0 Å². The van der Waals surface area contributed by atoms with Crippen molar-refractivity contribution in [2.45, 2.75) is 16.4 Å². The van der Waals surface area contributed by atoms with E-state index in [9.17, 15) is 13.4 Å². The molecule has 1 atom stereocenters. The van der Waals surface area contributed by atoms with Gasteiger partial charge in [-0.15, -0.1) is 0 Å². The van der Waals surface area contributed by atoms with E-state index in [0.717, 1.165) is 11.1 Å². The third-order valence-electron chi connectivity index (χ3n) is 5.60. The fourth-order valence-corrected chi connectivity index (χ4v) is 5.09. The van der Waals surface area contributed by atoms with Gasteiger partial charge in [-0.2, -0.15) is 0 Å². The van der Waals surface area contributed by atoms with Crippen molar-refractivity contribution < 1.29 is 21.2 Å². The van der Waals surface area contributed by atoms with Gasteiger partial charge < -0.3 is 18.9 Å². The number of nitrogens with one attached hydrogen (secondary N) is 2. The Labute approximate surface area is 234 Å². The number of pyridine rings is 1. The minimum atomic E-state index is -3.37. The van der Waals surface area contributed by atoms with E-state index in [1.165, 1.54) is 42.6 Å². The minimum absolute atomic E-state index is 0.241. The number of carbonyl (C=O) groups is 1. The van der Waals surface area contributed by atoms with Crippen LogP contribution in [0.2, 0.25) is 0 Å². The summed E-state index contributed by atoms with van der Waals surface area (Å²) in [5.41, 5.74) is 9.36. The largest absolute Gasteiger partial charge is 0.397 e. The quantitative estimate of drug-likeness (QED) is 0.109. The number of anilines is 2. The van der Waals surface area contributed by atoms with Gasteiger partial charge in [-0.05, 0) is 71.3 Å². The lowest BCUT2D eigenvalue weighted by Crippen LogP contribution is -2.13. The van der Waals surface area contributed by atoms with Gasteiger partial charge in [-0.1, -0.05) is 18.2 Å². The lowest BCUT2D eigenvalue weighted by atomic mass is 10.0. The van der Waals surface area contributed by atoms with Crippen LogP contribution >= 0.6 is 23.0 Å². The Kier molecular flexibility index (Phi) is 9.05. The maximum absolute atomic E-state index is 13.4. The molecule has 4 rings (SSSR count). The Balaban J connectivity index is 1.48. The first kappa shape index (κ1) is 27.6. The number of benzene rings is 3. The predicted molar refractivity (Wildman–Crippen MR) is 152 cm³/mol. The highest BCUT2D eigenvalue weighted by Crippen LogP contribution is 2.28. The molecule has 1 unspecified atom stereocenters. The van der Waals surface area contributed by atoms with Gasteiger partial charge in [-0.25, -0.2) is 13.4 Å². The second-order valence-corrected chi connectivity index (χ2v) is 10.9. The molecule has 0 bridgehead atoms. The van der Waals surface area contributed by atoms with E-state index in [1.807, 2.05) is 0 Å². The average molecular weight is 646 g/mol. The zero-order chi connectivity index (χ0) is 27.1. The molecule has 0 saturated carbocycles. The van der Waals surface area contributed by atoms with E-state index < -0.39 is 15.6 Å². The van der Waals surface area contributed by atoms with E-state index in [4.69, 9.17) is 18.3 Å². The molecule has 0 aliphatic carbocycles. The summed E-state index contributed by atoms with van der Waals surface area (Å²) in [5, 5.41) is 2.78. The average Bonchev–Trinajstić information content (AvgIpc) is 2.93. The van der Waals surface area contributed by atoms with Crippen molar-refractivity contribution in [3.05, 3.63) is 102 Å². The molecular formula is C27H24FIN4O4S. The highest BCUT2D eigenvalue weighted by Gasteiger charge is 2.16. The second kappa shape index (κ2) is 12.4. The second-order valence-electron chi connectivity index (χ2n) is 8.24. The molecule has 1 amide bonds. The summed E-state index contributed by atoms with van der Waals surface area (Å²) in [5.74, 6) is -0.763. The zero-order valence-electron chi connectivity index (χ0n) is 20.0. The molecule has 8 nitrogen and oxygen atoms in total. The van der Waals surface area contributed by atoms with Crippen LogP contribution in [0.3, 0.4) is 0 Å². The van der Waals surface area contributed by atoms with Crippen LogP contribution in [0.15, 0.2) is 95.0 Å². The lowest BCUT2D eigenvalue weighted by molar-refractivity contribution is 0.100. The number of carbonyl (C=O) groups excluding carboxylic acids is 1. The number of hydrogen-bond acceptors (Lipinski definition) is 7. The fraction of sp³-hybridized carbons (Fsp3) is 0.111. The van der Waals surface area contributed by atoms with Crippen molar-refractivity contribution in [1.82, 2.24) is 4.98 Å². The molecule has 4 aromatic rings. The predicted octanol–water partition coefficient (Wildman–Crippen LogP) is 6.07. The molecule has 11 heteroatoms. The molecule has 4 N–H and O–H groups in total. The first-order valence-electron chi connectivity index (χ1n) is 11.4. The van der Waals surface area contributed by atoms with Crippen molar-refractivity contribution in [3.63, 3.8) is 0 Å². The standard InChI is InChI=1S/C27H24FIN4O4S/c28-22-6-1-19(2-7-22)21-5-10-25(30)26(14-21)33-27(34)20-3-8-23(9-4-20)38(31,35)24-13-18(15-32-16-24)17-36-11-12-37-29/h1-10,13-16,31H,11-12,17,30H2,(H,33,34). The summed E-state index contributed by atoms with van der Waals surface area (Å²) in [7, 11) is -3.37. The van der Waals surface area contributed by atoms with Crippen LogP contribution in [0.25, 0.3) is 11.1 Å². The van der Waals surface area contributed by atoms with Gasteiger partial charge in [0.2, 0.25) is 0 Å². The summed E-state index contributed by atoms with van der Waals surface area (Å²) in [6.45, 7) is 1.09. The molecule has 0 saturated heterocycles. The molecule has 0 radical (unpaired) electrons. The number of ether oxygens (including phenoxy) is 1. The number of amides is 1.